The zero-order valence-corrected chi connectivity index (χ0v) is 15.3. The van der Waals surface area contributed by atoms with Gasteiger partial charge in [-0.25, -0.2) is 14.8 Å². The van der Waals surface area contributed by atoms with Crippen molar-refractivity contribution < 1.29 is 0 Å². The van der Waals surface area contributed by atoms with Crippen molar-refractivity contribution in [1.82, 2.24) is 24.5 Å². The molecule has 1 N–H and O–H groups in total. The Balaban J connectivity index is 1.71. The number of aromatic amines is 1. The lowest BCUT2D eigenvalue weighted by molar-refractivity contribution is 0.685. The van der Waals surface area contributed by atoms with Crippen LogP contribution in [-0.4, -0.2) is 38.6 Å². The summed E-state index contributed by atoms with van der Waals surface area (Å²) >= 11 is 0. The lowest BCUT2D eigenvalue weighted by Crippen LogP contribution is -2.18. The summed E-state index contributed by atoms with van der Waals surface area (Å²) in [4.78, 5) is 30.3. The van der Waals surface area contributed by atoms with Crippen molar-refractivity contribution in [2.24, 2.45) is 0 Å². The molecule has 3 heterocycles. The molecule has 3 aromatic heterocycles. The molecule has 4 aromatic rings. The van der Waals surface area contributed by atoms with Crippen LogP contribution >= 0.6 is 0 Å². The Morgan fingerprint density at radius 1 is 1.15 bits per heavy atom. The average Bonchev–Trinajstić information content (AvgIpc) is 3.01. The molecule has 7 nitrogen and oxygen atoms in total. The van der Waals surface area contributed by atoms with Crippen molar-refractivity contribution in [3.05, 3.63) is 71.0 Å². The standard InChI is InChI=1S/C20H20N6O/c1-25(2)16-5-3-4-15(12-16)17-13-22-18-19(23-17)26(20(27)24-18)11-8-14-6-9-21-10-7-14/h3-7,9-10,12-13H,8,11H2,1-2H3,(H,22,24,27). The molecule has 0 saturated carbocycles. The van der Waals surface area contributed by atoms with Gasteiger partial charge in [-0.2, -0.15) is 0 Å². The summed E-state index contributed by atoms with van der Waals surface area (Å²) in [5.74, 6) is 0. The average molecular weight is 360 g/mol. The van der Waals surface area contributed by atoms with E-state index in [1.54, 1.807) is 23.2 Å². The van der Waals surface area contributed by atoms with Gasteiger partial charge in [-0.3, -0.25) is 14.5 Å². The quantitative estimate of drug-likeness (QED) is 0.591. The van der Waals surface area contributed by atoms with Crippen LogP contribution in [0.4, 0.5) is 5.69 Å². The number of pyridine rings is 1. The van der Waals surface area contributed by atoms with Gasteiger partial charge >= 0.3 is 5.69 Å². The Morgan fingerprint density at radius 2 is 1.96 bits per heavy atom. The van der Waals surface area contributed by atoms with E-state index in [1.807, 2.05) is 49.3 Å². The van der Waals surface area contributed by atoms with Crippen LogP contribution in [-0.2, 0) is 13.0 Å². The molecule has 0 saturated heterocycles. The Bertz CT molecular complexity index is 1130. The molecule has 7 heteroatoms. The fourth-order valence-corrected chi connectivity index (χ4v) is 3.00. The molecule has 0 unspecified atom stereocenters. The fourth-order valence-electron chi connectivity index (χ4n) is 3.00. The van der Waals surface area contributed by atoms with Crippen LogP contribution < -0.4 is 10.6 Å². The lowest BCUT2D eigenvalue weighted by atomic mass is 10.1. The van der Waals surface area contributed by atoms with Gasteiger partial charge in [0.2, 0.25) is 0 Å². The van der Waals surface area contributed by atoms with Gasteiger partial charge < -0.3 is 4.90 Å². The van der Waals surface area contributed by atoms with Crippen molar-refractivity contribution in [3.8, 4) is 11.3 Å². The molecule has 0 bridgehead atoms. The molecule has 0 atom stereocenters. The maximum atomic E-state index is 12.4. The molecule has 0 spiro atoms. The highest BCUT2D eigenvalue weighted by Gasteiger charge is 2.12. The number of aromatic nitrogens is 5. The van der Waals surface area contributed by atoms with E-state index in [0.29, 0.717) is 17.8 Å². The van der Waals surface area contributed by atoms with E-state index in [2.05, 4.69) is 21.0 Å². The maximum absolute atomic E-state index is 12.4. The largest absolute Gasteiger partial charge is 0.378 e. The van der Waals surface area contributed by atoms with E-state index in [4.69, 9.17) is 4.98 Å². The van der Waals surface area contributed by atoms with E-state index in [1.165, 1.54) is 0 Å². The van der Waals surface area contributed by atoms with E-state index in [-0.39, 0.29) is 5.69 Å². The van der Waals surface area contributed by atoms with Crippen LogP contribution in [0.3, 0.4) is 0 Å². The lowest BCUT2D eigenvalue weighted by Gasteiger charge is -2.13. The summed E-state index contributed by atoms with van der Waals surface area (Å²) < 4.78 is 1.64. The summed E-state index contributed by atoms with van der Waals surface area (Å²) in [5.41, 5.74) is 4.78. The van der Waals surface area contributed by atoms with Crippen molar-refractivity contribution in [1.29, 1.82) is 0 Å². The van der Waals surface area contributed by atoms with Crippen molar-refractivity contribution in [3.63, 3.8) is 0 Å². The highest BCUT2D eigenvalue weighted by atomic mass is 16.1. The molecule has 0 aliphatic rings. The zero-order chi connectivity index (χ0) is 18.8. The SMILES string of the molecule is CN(C)c1cccc(-c2cnc3[nH]c(=O)n(CCc4ccncc4)c3n2)c1. The molecule has 27 heavy (non-hydrogen) atoms. The summed E-state index contributed by atoms with van der Waals surface area (Å²) in [7, 11) is 3.99. The fraction of sp³-hybridized carbons (Fsp3) is 0.200. The Labute approximate surface area is 156 Å². The normalized spacial score (nSPS) is 11.0. The highest BCUT2D eigenvalue weighted by Crippen LogP contribution is 2.23. The third-order valence-electron chi connectivity index (χ3n) is 4.51. The second-order valence-corrected chi connectivity index (χ2v) is 6.56. The molecule has 0 aliphatic heterocycles. The van der Waals surface area contributed by atoms with Crippen LogP contribution in [0.15, 0.2) is 59.8 Å². The molecule has 4 rings (SSSR count). The van der Waals surface area contributed by atoms with E-state index >= 15 is 0 Å². The number of hydrogen-bond acceptors (Lipinski definition) is 5. The monoisotopic (exact) mass is 360 g/mol. The summed E-state index contributed by atoms with van der Waals surface area (Å²) in [5, 5.41) is 0. The van der Waals surface area contributed by atoms with Crippen LogP contribution in [0.1, 0.15) is 5.56 Å². The number of H-pyrrole nitrogens is 1. The topological polar surface area (TPSA) is 79.7 Å². The number of rotatable bonds is 5. The van der Waals surface area contributed by atoms with E-state index in [9.17, 15) is 4.79 Å². The molecular formula is C20H20N6O. The van der Waals surface area contributed by atoms with Gasteiger partial charge in [0.25, 0.3) is 0 Å². The number of imidazole rings is 1. The van der Waals surface area contributed by atoms with Gasteiger partial charge in [-0.05, 0) is 36.2 Å². The van der Waals surface area contributed by atoms with Gasteiger partial charge in [0, 0.05) is 44.3 Å². The third-order valence-corrected chi connectivity index (χ3v) is 4.51. The van der Waals surface area contributed by atoms with Gasteiger partial charge in [0.05, 0.1) is 11.9 Å². The number of nitrogens with one attached hydrogen (secondary N) is 1. The van der Waals surface area contributed by atoms with Crippen LogP contribution in [0.5, 0.6) is 0 Å². The smallest absolute Gasteiger partial charge is 0.328 e. The van der Waals surface area contributed by atoms with Crippen molar-refractivity contribution in [2.75, 3.05) is 19.0 Å². The van der Waals surface area contributed by atoms with Crippen LogP contribution in [0.2, 0.25) is 0 Å². The number of fused-ring (bicyclic) bond motifs is 1. The maximum Gasteiger partial charge on any atom is 0.328 e. The van der Waals surface area contributed by atoms with Gasteiger partial charge in [0.15, 0.2) is 11.3 Å². The third kappa shape index (κ3) is 3.44. The first-order valence-corrected chi connectivity index (χ1v) is 8.74. The van der Waals surface area contributed by atoms with Gasteiger partial charge in [0.1, 0.15) is 0 Å². The van der Waals surface area contributed by atoms with Crippen molar-refractivity contribution in [2.45, 2.75) is 13.0 Å². The predicted octanol–water partition coefficient (Wildman–Crippen LogP) is 2.49. The molecule has 136 valence electrons. The Hall–Kier alpha value is -3.48. The molecule has 0 radical (unpaired) electrons. The summed E-state index contributed by atoms with van der Waals surface area (Å²) in [6.45, 7) is 0.527. The van der Waals surface area contributed by atoms with Gasteiger partial charge in [-0.1, -0.05) is 12.1 Å². The summed E-state index contributed by atoms with van der Waals surface area (Å²) in [6.07, 6.45) is 5.92. The highest BCUT2D eigenvalue weighted by molar-refractivity contribution is 5.72. The minimum atomic E-state index is -0.196. The number of anilines is 1. The summed E-state index contributed by atoms with van der Waals surface area (Å²) in [6, 6.07) is 12.0. The van der Waals surface area contributed by atoms with Crippen molar-refractivity contribution >= 4 is 17.0 Å². The first-order valence-electron chi connectivity index (χ1n) is 8.74. The molecular weight excluding hydrogens is 340 g/mol. The molecule has 1 aromatic carbocycles. The minimum absolute atomic E-state index is 0.196. The number of hydrogen-bond donors (Lipinski definition) is 1. The van der Waals surface area contributed by atoms with Gasteiger partial charge in [-0.15, -0.1) is 0 Å². The number of nitrogens with zero attached hydrogens (tertiary/aromatic N) is 5. The molecule has 0 fully saturated rings. The first-order chi connectivity index (χ1) is 13.1. The molecule has 0 amide bonds. The second kappa shape index (κ2) is 7.03. The van der Waals surface area contributed by atoms with Crippen LogP contribution in [0.25, 0.3) is 22.6 Å². The number of benzene rings is 1. The zero-order valence-electron chi connectivity index (χ0n) is 15.3. The Kier molecular flexibility index (Phi) is 4.42. The predicted molar refractivity (Wildman–Crippen MR) is 106 cm³/mol. The van der Waals surface area contributed by atoms with Crippen LogP contribution in [0, 0.1) is 0 Å². The minimum Gasteiger partial charge on any atom is -0.378 e. The Morgan fingerprint density at radius 3 is 2.74 bits per heavy atom. The first kappa shape index (κ1) is 17.0. The van der Waals surface area contributed by atoms with E-state index in [0.717, 1.165) is 28.9 Å². The number of aryl methyl sites for hydroxylation is 2. The molecule has 0 aliphatic carbocycles. The van der Waals surface area contributed by atoms with E-state index < -0.39 is 0 Å². The second-order valence-electron chi connectivity index (χ2n) is 6.56.